The Morgan fingerprint density at radius 3 is 2.76 bits per heavy atom. The maximum absolute atomic E-state index is 12.1. The Hall–Kier alpha value is -1.48. The number of rotatable bonds is 6. The van der Waals surface area contributed by atoms with E-state index in [0.29, 0.717) is 22.8 Å². The summed E-state index contributed by atoms with van der Waals surface area (Å²) in [6.45, 7) is 0.473. The number of halogens is 1. The van der Waals surface area contributed by atoms with E-state index in [1.165, 1.54) is 12.1 Å². The van der Waals surface area contributed by atoms with Crippen LogP contribution in [0.1, 0.15) is 11.4 Å². The van der Waals surface area contributed by atoms with E-state index in [0.717, 1.165) is 0 Å². The first-order valence-corrected chi connectivity index (χ1v) is 8.11. The molecule has 0 unspecified atom stereocenters. The van der Waals surface area contributed by atoms with Crippen molar-refractivity contribution >= 4 is 21.6 Å². The van der Waals surface area contributed by atoms with Crippen molar-refractivity contribution in [2.75, 3.05) is 6.54 Å². The lowest BCUT2D eigenvalue weighted by Gasteiger charge is -2.08. The maximum Gasteiger partial charge on any atom is 0.240 e. The van der Waals surface area contributed by atoms with Crippen molar-refractivity contribution in [3.8, 4) is 0 Å². The van der Waals surface area contributed by atoms with Crippen LogP contribution in [0.4, 0.5) is 0 Å². The Morgan fingerprint density at radius 2 is 2.19 bits per heavy atom. The van der Waals surface area contributed by atoms with Crippen LogP contribution in [0.2, 0.25) is 5.02 Å². The molecule has 0 aliphatic rings. The van der Waals surface area contributed by atoms with Crippen molar-refractivity contribution in [2.24, 2.45) is 12.8 Å². The van der Waals surface area contributed by atoms with Gasteiger partial charge in [0.25, 0.3) is 0 Å². The Bertz CT molecular complexity index is 729. The van der Waals surface area contributed by atoms with Crippen molar-refractivity contribution in [1.29, 1.82) is 0 Å². The van der Waals surface area contributed by atoms with E-state index < -0.39 is 10.0 Å². The summed E-state index contributed by atoms with van der Waals surface area (Å²) in [6, 6.07) is 4.48. The molecule has 0 aliphatic carbocycles. The van der Waals surface area contributed by atoms with Gasteiger partial charge < -0.3 is 5.73 Å². The molecule has 1 aromatic carbocycles. The zero-order valence-electron chi connectivity index (χ0n) is 11.5. The van der Waals surface area contributed by atoms with Crippen LogP contribution in [0.15, 0.2) is 29.4 Å². The molecule has 0 fully saturated rings. The van der Waals surface area contributed by atoms with E-state index in [9.17, 15) is 8.42 Å². The van der Waals surface area contributed by atoms with E-state index in [2.05, 4.69) is 14.8 Å². The van der Waals surface area contributed by atoms with Crippen LogP contribution < -0.4 is 10.5 Å². The van der Waals surface area contributed by atoms with Gasteiger partial charge in [0.15, 0.2) is 5.82 Å². The van der Waals surface area contributed by atoms with Crippen LogP contribution in [0.25, 0.3) is 0 Å². The molecule has 0 atom stereocenters. The summed E-state index contributed by atoms with van der Waals surface area (Å²) in [5.41, 5.74) is 6.19. The van der Waals surface area contributed by atoms with Gasteiger partial charge in [-0.25, -0.2) is 18.1 Å². The Balaban J connectivity index is 2.02. The predicted molar refractivity (Wildman–Crippen MR) is 79.2 cm³/mol. The summed E-state index contributed by atoms with van der Waals surface area (Å²) in [4.78, 5) is 4.14. The minimum atomic E-state index is -3.61. The fraction of sp³-hybridized carbons (Fsp3) is 0.333. The highest BCUT2D eigenvalue weighted by Crippen LogP contribution is 2.20. The van der Waals surface area contributed by atoms with Gasteiger partial charge >= 0.3 is 0 Å². The SMILES string of the molecule is Cn1cnc(CCNS(=O)(=O)c2ccc(CN)c(Cl)c2)n1. The predicted octanol–water partition coefficient (Wildman–Crippen LogP) is 0.448. The van der Waals surface area contributed by atoms with Crippen molar-refractivity contribution in [2.45, 2.75) is 17.9 Å². The normalized spacial score (nSPS) is 11.8. The standard InChI is InChI=1S/C12H16ClN5O2S/c1-18-8-15-12(17-18)4-5-16-21(19,20)10-3-2-9(7-14)11(13)6-10/h2-3,6,8,16H,4-5,7,14H2,1H3. The fourth-order valence-electron chi connectivity index (χ4n) is 1.74. The minimum Gasteiger partial charge on any atom is -0.326 e. The monoisotopic (exact) mass is 329 g/mol. The molecule has 0 saturated heterocycles. The second-order valence-electron chi connectivity index (χ2n) is 4.44. The third-order valence-corrected chi connectivity index (χ3v) is 4.65. The van der Waals surface area contributed by atoms with Gasteiger partial charge in [-0.1, -0.05) is 17.7 Å². The highest BCUT2D eigenvalue weighted by atomic mass is 35.5. The average molecular weight is 330 g/mol. The summed E-state index contributed by atoms with van der Waals surface area (Å²) in [5.74, 6) is 0.580. The molecular formula is C12H16ClN5O2S. The second-order valence-corrected chi connectivity index (χ2v) is 6.61. The first-order valence-electron chi connectivity index (χ1n) is 6.25. The summed E-state index contributed by atoms with van der Waals surface area (Å²) >= 11 is 5.97. The number of aromatic nitrogens is 3. The molecule has 1 heterocycles. The average Bonchev–Trinajstić information content (AvgIpc) is 2.84. The van der Waals surface area contributed by atoms with Gasteiger partial charge in [-0.05, 0) is 17.7 Å². The third kappa shape index (κ3) is 4.01. The molecule has 0 radical (unpaired) electrons. The van der Waals surface area contributed by atoms with Crippen molar-refractivity contribution in [3.05, 3.63) is 40.9 Å². The molecule has 9 heteroatoms. The van der Waals surface area contributed by atoms with E-state index in [1.807, 2.05) is 0 Å². The number of hydrogen-bond donors (Lipinski definition) is 2. The van der Waals surface area contributed by atoms with E-state index in [1.54, 1.807) is 24.1 Å². The summed E-state index contributed by atoms with van der Waals surface area (Å²) in [7, 11) is -1.86. The van der Waals surface area contributed by atoms with Gasteiger partial charge in [-0.3, -0.25) is 4.68 Å². The number of nitrogens with two attached hydrogens (primary N) is 1. The van der Waals surface area contributed by atoms with Gasteiger partial charge in [0.05, 0.1) is 4.90 Å². The number of benzene rings is 1. The quantitative estimate of drug-likeness (QED) is 0.801. The number of nitrogens with one attached hydrogen (secondary N) is 1. The highest BCUT2D eigenvalue weighted by molar-refractivity contribution is 7.89. The van der Waals surface area contributed by atoms with Gasteiger partial charge in [0, 0.05) is 31.6 Å². The molecule has 0 amide bonds. The van der Waals surface area contributed by atoms with Gasteiger partial charge in [0.2, 0.25) is 10.0 Å². The van der Waals surface area contributed by atoms with E-state index >= 15 is 0 Å². The summed E-state index contributed by atoms with van der Waals surface area (Å²) < 4.78 is 28.3. The molecular weight excluding hydrogens is 314 g/mol. The molecule has 114 valence electrons. The van der Waals surface area contributed by atoms with Crippen LogP contribution in [0.5, 0.6) is 0 Å². The second kappa shape index (κ2) is 6.52. The first-order chi connectivity index (χ1) is 9.92. The van der Waals surface area contributed by atoms with Crippen molar-refractivity contribution in [3.63, 3.8) is 0 Å². The highest BCUT2D eigenvalue weighted by Gasteiger charge is 2.15. The summed E-state index contributed by atoms with van der Waals surface area (Å²) in [5, 5.41) is 4.42. The van der Waals surface area contributed by atoms with Gasteiger partial charge in [-0.2, -0.15) is 5.10 Å². The molecule has 2 aromatic rings. The van der Waals surface area contributed by atoms with E-state index in [4.69, 9.17) is 17.3 Å². The van der Waals surface area contributed by atoms with Crippen LogP contribution in [-0.4, -0.2) is 29.7 Å². The summed E-state index contributed by atoms with van der Waals surface area (Å²) in [6.07, 6.45) is 1.98. The van der Waals surface area contributed by atoms with Crippen LogP contribution in [-0.2, 0) is 30.0 Å². The molecule has 2 rings (SSSR count). The molecule has 3 N–H and O–H groups in total. The Morgan fingerprint density at radius 1 is 1.43 bits per heavy atom. The zero-order valence-corrected chi connectivity index (χ0v) is 13.0. The Labute approximate surface area is 128 Å². The topological polar surface area (TPSA) is 103 Å². The molecule has 0 bridgehead atoms. The fourth-order valence-corrected chi connectivity index (χ4v) is 3.12. The lowest BCUT2D eigenvalue weighted by molar-refractivity contribution is 0.580. The van der Waals surface area contributed by atoms with E-state index in [-0.39, 0.29) is 18.0 Å². The molecule has 0 spiro atoms. The minimum absolute atomic E-state index is 0.110. The number of aryl methyl sites for hydroxylation is 1. The van der Waals surface area contributed by atoms with Crippen LogP contribution >= 0.6 is 11.6 Å². The lowest BCUT2D eigenvalue weighted by Crippen LogP contribution is -2.26. The Kier molecular flexibility index (Phi) is 4.94. The van der Waals surface area contributed by atoms with Crippen molar-refractivity contribution < 1.29 is 8.42 Å². The number of sulfonamides is 1. The number of nitrogens with zero attached hydrogens (tertiary/aromatic N) is 3. The zero-order chi connectivity index (χ0) is 15.5. The lowest BCUT2D eigenvalue weighted by atomic mass is 10.2. The molecule has 1 aromatic heterocycles. The van der Waals surface area contributed by atoms with Crippen LogP contribution in [0.3, 0.4) is 0 Å². The maximum atomic E-state index is 12.1. The van der Waals surface area contributed by atoms with Crippen molar-refractivity contribution in [1.82, 2.24) is 19.5 Å². The largest absolute Gasteiger partial charge is 0.326 e. The third-order valence-electron chi connectivity index (χ3n) is 2.84. The molecule has 0 saturated carbocycles. The molecule has 0 aliphatic heterocycles. The van der Waals surface area contributed by atoms with Crippen LogP contribution in [0, 0.1) is 0 Å². The van der Waals surface area contributed by atoms with Gasteiger partial charge in [-0.15, -0.1) is 0 Å². The first kappa shape index (κ1) is 15.9. The van der Waals surface area contributed by atoms with Gasteiger partial charge in [0.1, 0.15) is 6.33 Å². The smallest absolute Gasteiger partial charge is 0.240 e. The molecule has 7 nitrogen and oxygen atoms in total. The molecule has 21 heavy (non-hydrogen) atoms. The number of hydrogen-bond acceptors (Lipinski definition) is 5.